The first kappa shape index (κ1) is 16.9. The van der Waals surface area contributed by atoms with Crippen LogP contribution in [0.15, 0.2) is 30.6 Å². The van der Waals surface area contributed by atoms with Crippen LogP contribution in [0.5, 0.6) is 11.5 Å². The summed E-state index contributed by atoms with van der Waals surface area (Å²) in [6.45, 7) is 4.39. The summed E-state index contributed by atoms with van der Waals surface area (Å²) < 4.78 is 12.7. The van der Waals surface area contributed by atoms with E-state index in [1.807, 2.05) is 27.1 Å². The Morgan fingerprint density at radius 1 is 1.35 bits per heavy atom. The molecule has 0 aliphatic carbocycles. The standard InChI is InChI=1S/C17H23N3O3/c1-12(2)23-15-7-6-14(8-16(15)22-5)17(21)19(3)10-13-9-18-20(4)11-13/h6-9,11-12H,10H2,1-5H3. The van der Waals surface area contributed by atoms with Crippen LogP contribution in [-0.2, 0) is 13.6 Å². The normalized spacial score (nSPS) is 10.7. The molecule has 2 aromatic rings. The first-order valence-corrected chi connectivity index (χ1v) is 7.48. The molecule has 2 rings (SSSR count). The van der Waals surface area contributed by atoms with Gasteiger partial charge in [-0.25, -0.2) is 0 Å². The number of methoxy groups -OCH3 is 1. The number of carbonyl (C=O) groups excluding carboxylic acids is 1. The van der Waals surface area contributed by atoms with Crippen molar-refractivity contribution in [2.75, 3.05) is 14.2 Å². The fourth-order valence-corrected chi connectivity index (χ4v) is 2.27. The zero-order chi connectivity index (χ0) is 17.0. The van der Waals surface area contributed by atoms with Gasteiger partial charge < -0.3 is 14.4 Å². The predicted octanol–water partition coefficient (Wildman–Crippen LogP) is 2.49. The van der Waals surface area contributed by atoms with Gasteiger partial charge >= 0.3 is 0 Å². The minimum atomic E-state index is -0.0803. The SMILES string of the molecule is COc1cc(C(=O)N(C)Cc2cnn(C)c2)ccc1OC(C)C. The van der Waals surface area contributed by atoms with Crippen molar-refractivity contribution in [3.8, 4) is 11.5 Å². The first-order chi connectivity index (χ1) is 10.9. The zero-order valence-electron chi connectivity index (χ0n) is 14.2. The van der Waals surface area contributed by atoms with Gasteiger partial charge in [-0.1, -0.05) is 0 Å². The van der Waals surface area contributed by atoms with E-state index in [1.54, 1.807) is 48.1 Å². The lowest BCUT2D eigenvalue weighted by Crippen LogP contribution is -2.26. The molecule has 1 heterocycles. The Bertz CT molecular complexity index is 679. The number of amides is 1. The molecule has 0 unspecified atom stereocenters. The minimum Gasteiger partial charge on any atom is -0.493 e. The zero-order valence-corrected chi connectivity index (χ0v) is 14.2. The predicted molar refractivity (Wildman–Crippen MR) is 87.8 cm³/mol. The number of aromatic nitrogens is 2. The third-order valence-electron chi connectivity index (χ3n) is 3.30. The summed E-state index contributed by atoms with van der Waals surface area (Å²) >= 11 is 0. The number of aryl methyl sites for hydroxylation is 1. The number of rotatable bonds is 6. The Morgan fingerprint density at radius 3 is 2.65 bits per heavy atom. The summed E-state index contributed by atoms with van der Waals surface area (Å²) in [4.78, 5) is 14.2. The molecule has 0 radical (unpaired) electrons. The highest BCUT2D eigenvalue weighted by Gasteiger charge is 2.16. The number of hydrogen-bond acceptors (Lipinski definition) is 4. The van der Waals surface area contributed by atoms with Gasteiger partial charge in [0.25, 0.3) is 5.91 Å². The topological polar surface area (TPSA) is 56.6 Å². The van der Waals surface area contributed by atoms with Crippen LogP contribution in [0.3, 0.4) is 0 Å². The van der Waals surface area contributed by atoms with E-state index in [4.69, 9.17) is 9.47 Å². The second-order valence-electron chi connectivity index (χ2n) is 5.72. The summed E-state index contributed by atoms with van der Waals surface area (Å²) in [5, 5.41) is 4.11. The van der Waals surface area contributed by atoms with E-state index in [0.29, 0.717) is 23.6 Å². The van der Waals surface area contributed by atoms with Crippen LogP contribution in [0.2, 0.25) is 0 Å². The van der Waals surface area contributed by atoms with Crippen molar-refractivity contribution < 1.29 is 14.3 Å². The van der Waals surface area contributed by atoms with Crippen LogP contribution >= 0.6 is 0 Å². The monoisotopic (exact) mass is 317 g/mol. The van der Waals surface area contributed by atoms with Gasteiger partial charge in [0.15, 0.2) is 11.5 Å². The van der Waals surface area contributed by atoms with Crippen LogP contribution in [0.25, 0.3) is 0 Å². The van der Waals surface area contributed by atoms with Crippen LogP contribution in [0.1, 0.15) is 29.8 Å². The molecule has 124 valence electrons. The molecule has 6 nitrogen and oxygen atoms in total. The summed E-state index contributed by atoms with van der Waals surface area (Å²) in [7, 11) is 5.18. The van der Waals surface area contributed by atoms with Crippen LogP contribution < -0.4 is 9.47 Å². The Labute approximate surface area is 136 Å². The summed E-state index contributed by atoms with van der Waals surface area (Å²) in [6, 6.07) is 5.23. The summed E-state index contributed by atoms with van der Waals surface area (Å²) in [6.07, 6.45) is 3.69. The third kappa shape index (κ3) is 4.25. The smallest absolute Gasteiger partial charge is 0.254 e. The number of ether oxygens (including phenoxy) is 2. The quantitative estimate of drug-likeness (QED) is 0.821. The van der Waals surface area contributed by atoms with Crippen molar-refractivity contribution in [1.82, 2.24) is 14.7 Å². The van der Waals surface area contributed by atoms with Crippen molar-refractivity contribution in [3.63, 3.8) is 0 Å². The second kappa shape index (κ2) is 7.17. The lowest BCUT2D eigenvalue weighted by atomic mass is 10.1. The molecule has 1 aromatic carbocycles. The van der Waals surface area contributed by atoms with Gasteiger partial charge in [0.1, 0.15) is 0 Å². The largest absolute Gasteiger partial charge is 0.493 e. The maximum absolute atomic E-state index is 12.6. The molecule has 0 fully saturated rings. The van der Waals surface area contributed by atoms with Crippen LogP contribution in [0, 0.1) is 0 Å². The third-order valence-corrected chi connectivity index (χ3v) is 3.30. The molecular weight excluding hydrogens is 294 g/mol. The van der Waals surface area contributed by atoms with E-state index in [1.165, 1.54) is 0 Å². The molecule has 1 aromatic heterocycles. The first-order valence-electron chi connectivity index (χ1n) is 7.48. The molecule has 23 heavy (non-hydrogen) atoms. The second-order valence-corrected chi connectivity index (χ2v) is 5.72. The van der Waals surface area contributed by atoms with E-state index < -0.39 is 0 Å². The van der Waals surface area contributed by atoms with Gasteiger partial charge in [0.05, 0.1) is 19.4 Å². The van der Waals surface area contributed by atoms with Gasteiger partial charge in [-0.15, -0.1) is 0 Å². The van der Waals surface area contributed by atoms with E-state index >= 15 is 0 Å². The number of benzene rings is 1. The highest BCUT2D eigenvalue weighted by Crippen LogP contribution is 2.29. The molecule has 1 amide bonds. The molecule has 0 atom stereocenters. The average molecular weight is 317 g/mol. The van der Waals surface area contributed by atoms with Crippen LogP contribution in [0.4, 0.5) is 0 Å². The van der Waals surface area contributed by atoms with Crippen molar-refractivity contribution in [1.29, 1.82) is 0 Å². The number of carbonyl (C=O) groups is 1. The highest BCUT2D eigenvalue weighted by molar-refractivity contribution is 5.94. The van der Waals surface area contributed by atoms with Crippen molar-refractivity contribution in [2.45, 2.75) is 26.5 Å². The summed E-state index contributed by atoms with van der Waals surface area (Å²) in [5.41, 5.74) is 1.54. The maximum atomic E-state index is 12.6. The highest BCUT2D eigenvalue weighted by atomic mass is 16.5. The molecule has 0 N–H and O–H groups in total. The molecule has 0 bridgehead atoms. The number of hydrogen-bond donors (Lipinski definition) is 0. The number of nitrogens with zero attached hydrogens (tertiary/aromatic N) is 3. The lowest BCUT2D eigenvalue weighted by molar-refractivity contribution is 0.0784. The van der Waals surface area contributed by atoms with Crippen molar-refractivity contribution >= 4 is 5.91 Å². The molecule has 0 spiro atoms. The van der Waals surface area contributed by atoms with E-state index in [9.17, 15) is 4.79 Å². The fraction of sp³-hybridized carbons (Fsp3) is 0.412. The van der Waals surface area contributed by atoms with Gasteiger partial charge in [0.2, 0.25) is 0 Å². The molecular formula is C17H23N3O3. The van der Waals surface area contributed by atoms with Crippen LogP contribution in [-0.4, -0.2) is 40.8 Å². The molecule has 0 aliphatic rings. The Balaban J connectivity index is 2.14. The maximum Gasteiger partial charge on any atom is 0.254 e. The molecule has 0 saturated carbocycles. The van der Waals surface area contributed by atoms with Gasteiger partial charge in [-0.2, -0.15) is 5.10 Å². The summed E-state index contributed by atoms with van der Waals surface area (Å²) in [5.74, 6) is 1.11. The molecule has 0 saturated heterocycles. The Hall–Kier alpha value is -2.50. The van der Waals surface area contributed by atoms with Crippen molar-refractivity contribution in [3.05, 3.63) is 41.7 Å². The molecule has 0 aliphatic heterocycles. The Kier molecular flexibility index (Phi) is 5.26. The van der Waals surface area contributed by atoms with E-state index in [0.717, 1.165) is 5.56 Å². The minimum absolute atomic E-state index is 0.0405. The van der Waals surface area contributed by atoms with E-state index in [-0.39, 0.29) is 12.0 Å². The van der Waals surface area contributed by atoms with Crippen molar-refractivity contribution in [2.24, 2.45) is 7.05 Å². The fourth-order valence-electron chi connectivity index (χ4n) is 2.27. The van der Waals surface area contributed by atoms with Gasteiger partial charge in [-0.05, 0) is 32.0 Å². The average Bonchev–Trinajstić information content (AvgIpc) is 2.91. The van der Waals surface area contributed by atoms with Gasteiger partial charge in [0, 0.05) is 38.0 Å². The van der Waals surface area contributed by atoms with E-state index in [2.05, 4.69) is 5.10 Å². The lowest BCUT2D eigenvalue weighted by Gasteiger charge is -2.18. The molecule has 6 heteroatoms. The Morgan fingerprint density at radius 2 is 2.09 bits per heavy atom. The van der Waals surface area contributed by atoms with Gasteiger partial charge in [-0.3, -0.25) is 9.48 Å².